The molecule has 0 amide bonds. The lowest BCUT2D eigenvalue weighted by Crippen LogP contribution is -2.41. The molecule has 96 valence electrons. The van der Waals surface area contributed by atoms with Crippen LogP contribution in [0, 0.1) is 0 Å². The Labute approximate surface area is 101 Å². The molecule has 0 aromatic carbocycles. The predicted molar refractivity (Wildman–Crippen MR) is 71.9 cm³/mol. The topological polar surface area (TPSA) is 61.3 Å². The summed E-state index contributed by atoms with van der Waals surface area (Å²) in [5.74, 6) is 0. The van der Waals surface area contributed by atoms with Crippen molar-refractivity contribution in [1.29, 1.82) is 0 Å². The van der Waals surface area contributed by atoms with Crippen LogP contribution in [-0.2, 0) is 4.43 Å². The molecule has 0 unspecified atom stereocenters. The van der Waals surface area contributed by atoms with E-state index in [1.54, 1.807) is 0 Å². The van der Waals surface area contributed by atoms with Gasteiger partial charge in [-0.3, -0.25) is 0 Å². The third kappa shape index (κ3) is 4.95. The van der Waals surface area contributed by atoms with Crippen LogP contribution in [0.15, 0.2) is 0 Å². The molecule has 0 spiro atoms. The molecule has 0 aliphatic carbocycles. The van der Waals surface area contributed by atoms with Crippen molar-refractivity contribution in [3.8, 4) is 0 Å². The van der Waals surface area contributed by atoms with Crippen molar-refractivity contribution in [2.45, 2.75) is 56.7 Å². The molecular weight excluding hydrogens is 216 g/mol. The van der Waals surface area contributed by atoms with E-state index in [0.29, 0.717) is 0 Å². The summed E-state index contributed by atoms with van der Waals surface area (Å²) >= 11 is 0. The SMILES string of the molecule is NCCCC[Si]1(CCCCN)CCCCO1. The van der Waals surface area contributed by atoms with E-state index in [-0.39, 0.29) is 0 Å². The standard InChI is InChI=1S/C12H28N2OSi/c13-7-1-4-10-16(11-5-2-8-14)12-6-3-9-15-16/h1-14H2. The van der Waals surface area contributed by atoms with Crippen LogP contribution in [0.25, 0.3) is 0 Å². The van der Waals surface area contributed by atoms with Gasteiger partial charge in [0.25, 0.3) is 0 Å². The summed E-state index contributed by atoms with van der Waals surface area (Å²) in [6, 6.07) is 4.03. The first-order valence-corrected chi connectivity index (χ1v) is 9.40. The molecule has 1 saturated heterocycles. The summed E-state index contributed by atoms with van der Waals surface area (Å²) in [5, 5.41) is 0. The van der Waals surface area contributed by atoms with E-state index < -0.39 is 8.32 Å². The average molecular weight is 244 g/mol. The fourth-order valence-corrected chi connectivity index (χ4v) is 7.06. The second-order valence-corrected chi connectivity index (χ2v) is 9.13. The fraction of sp³-hybridized carbons (Fsp3) is 1.00. The van der Waals surface area contributed by atoms with E-state index in [0.717, 1.165) is 32.5 Å². The molecule has 0 atom stereocenters. The Morgan fingerprint density at radius 2 is 1.50 bits per heavy atom. The Hall–Kier alpha value is 0.0969. The zero-order valence-electron chi connectivity index (χ0n) is 10.5. The van der Waals surface area contributed by atoms with Gasteiger partial charge in [0.05, 0.1) is 0 Å². The van der Waals surface area contributed by atoms with Gasteiger partial charge in [0.2, 0.25) is 0 Å². The van der Waals surface area contributed by atoms with Crippen molar-refractivity contribution in [1.82, 2.24) is 0 Å². The van der Waals surface area contributed by atoms with Crippen LogP contribution in [0.5, 0.6) is 0 Å². The molecule has 0 aromatic rings. The zero-order valence-corrected chi connectivity index (χ0v) is 11.5. The van der Waals surface area contributed by atoms with Crippen molar-refractivity contribution in [3.05, 3.63) is 0 Å². The molecule has 4 heteroatoms. The minimum atomic E-state index is -1.37. The average Bonchev–Trinajstić information content (AvgIpc) is 2.31. The van der Waals surface area contributed by atoms with Gasteiger partial charge in [-0.2, -0.15) is 0 Å². The Kier molecular flexibility index (Phi) is 7.28. The van der Waals surface area contributed by atoms with Crippen molar-refractivity contribution >= 4 is 8.32 Å². The van der Waals surface area contributed by atoms with Crippen LogP contribution in [0.3, 0.4) is 0 Å². The lowest BCUT2D eigenvalue weighted by Gasteiger charge is -2.35. The van der Waals surface area contributed by atoms with E-state index >= 15 is 0 Å². The molecule has 1 rings (SSSR count). The molecule has 0 aromatic heterocycles. The normalized spacial score (nSPS) is 19.9. The second-order valence-electron chi connectivity index (χ2n) is 4.98. The molecule has 1 aliphatic heterocycles. The third-order valence-corrected chi connectivity index (χ3v) is 8.22. The van der Waals surface area contributed by atoms with Crippen LogP contribution in [0.1, 0.15) is 38.5 Å². The Bertz CT molecular complexity index is 160. The van der Waals surface area contributed by atoms with E-state index in [4.69, 9.17) is 15.9 Å². The van der Waals surface area contributed by atoms with Gasteiger partial charge >= 0.3 is 0 Å². The number of nitrogens with two attached hydrogens (primary N) is 2. The molecule has 1 aliphatic rings. The van der Waals surface area contributed by atoms with Gasteiger partial charge in [0.15, 0.2) is 8.32 Å². The molecule has 0 radical (unpaired) electrons. The maximum atomic E-state index is 6.22. The number of hydrogen-bond donors (Lipinski definition) is 2. The van der Waals surface area contributed by atoms with Crippen molar-refractivity contribution in [3.63, 3.8) is 0 Å². The fourth-order valence-electron chi connectivity index (χ4n) is 2.61. The highest BCUT2D eigenvalue weighted by Crippen LogP contribution is 2.32. The van der Waals surface area contributed by atoms with Gasteiger partial charge in [-0.05, 0) is 50.5 Å². The number of rotatable bonds is 8. The van der Waals surface area contributed by atoms with Gasteiger partial charge in [-0.1, -0.05) is 19.3 Å². The highest BCUT2D eigenvalue weighted by molar-refractivity contribution is 6.73. The van der Waals surface area contributed by atoms with Crippen LogP contribution in [0.2, 0.25) is 18.1 Å². The summed E-state index contributed by atoms with van der Waals surface area (Å²) in [6.07, 6.45) is 7.51. The molecule has 4 N–H and O–H groups in total. The van der Waals surface area contributed by atoms with Crippen molar-refractivity contribution in [2.75, 3.05) is 19.7 Å². The minimum Gasteiger partial charge on any atom is -0.417 e. The quantitative estimate of drug-likeness (QED) is 0.508. The van der Waals surface area contributed by atoms with E-state index in [9.17, 15) is 0 Å². The van der Waals surface area contributed by atoms with Gasteiger partial charge in [-0.25, -0.2) is 0 Å². The van der Waals surface area contributed by atoms with E-state index in [1.165, 1.54) is 43.8 Å². The second kappa shape index (κ2) is 8.23. The summed E-state index contributed by atoms with van der Waals surface area (Å²) in [5.41, 5.74) is 11.1. The highest BCUT2D eigenvalue weighted by atomic mass is 28.4. The summed E-state index contributed by atoms with van der Waals surface area (Å²) < 4.78 is 6.22. The molecule has 1 heterocycles. The first-order valence-electron chi connectivity index (χ1n) is 6.87. The summed E-state index contributed by atoms with van der Waals surface area (Å²) in [7, 11) is -1.37. The van der Waals surface area contributed by atoms with Gasteiger partial charge in [0, 0.05) is 6.61 Å². The molecule has 3 nitrogen and oxygen atoms in total. The first-order chi connectivity index (χ1) is 7.83. The van der Waals surface area contributed by atoms with Crippen LogP contribution in [0.4, 0.5) is 0 Å². The smallest absolute Gasteiger partial charge is 0.192 e. The van der Waals surface area contributed by atoms with Gasteiger partial charge in [0.1, 0.15) is 0 Å². The van der Waals surface area contributed by atoms with Crippen LogP contribution >= 0.6 is 0 Å². The lowest BCUT2D eigenvalue weighted by molar-refractivity contribution is 0.263. The van der Waals surface area contributed by atoms with E-state index in [2.05, 4.69) is 0 Å². The highest BCUT2D eigenvalue weighted by Gasteiger charge is 2.35. The van der Waals surface area contributed by atoms with Crippen molar-refractivity contribution < 1.29 is 4.43 Å². The zero-order chi connectivity index (χ0) is 11.7. The Balaban J connectivity index is 2.33. The van der Waals surface area contributed by atoms with Crippen LogP contribution < -0.4 is 11.5 Å². The minimum absolute atomic E-state index is 0.827. The Morgan fingerprint density at radius 1 is 0.875 bits per heavy atom. The van der Waals surface area contributed by atoms with Gasteiger partial charge in [-0.15, -0.1) is 0 Å². The number of unbranched alkanes of at least 4 members (excludes halogenated alkanes) is 2. The maximum absolute atomic E-state index is 6.22. The van der Waals surface area contributed by atoms with Crippen molar-refractivity contribution in [2.24, 2.45) is 11.5 Å². The summed E-state index contributed by atoms with van der Waals surface area (Å²) in [6.45, 7) is 2.66. The molecule has 0 bridgehead atoms. The monoisotopic (exact) mass is 244 g/mol. The molecule has 16 heavy (non-hydrogen) atoms. The van der Waals surface area contributed by atoms with Crippen LogP contribution in [-0.4, -0.2) is 28.0 Å². The first kappa shape index (κ1) is 14.2. The molecular formula is C12H28N2OSi. The largest absolute Gasteiger partial charge is 0.417 e. The Morgan fingerprint density at radius 3 is 1.94 bits per heavy atom. The maximum Gasteiger partial charge on any atom is 0.192 e. The third-order valence-electron chi connectivity index (χ3n) is 3.61. The molecule has 0 saturated carbocycles. The lowest BCUT2D eigenvalue weighted by atomic mass is 10.3. The van der Waals surface area contributed by atoms with E-state index in [1.807, 2.05) is 0 Å². The predicted octanol–water partition coefficient (Wildman–Crippen LogP) is 2.22. The van der Waals surface area contributed by atoms with Gasteiger partial charge < -0.3 is 15.9 Å². The molecule has 1 fully saturated rings. The summed E-state index contributed by atoms with van der Waals surface area (Å²) in [4.78, 5) is 0. The number of hydrogen-bond acceptors (Lipinski definition) is 3.